The second-order valence-electron chi connectivity index (χ2n) is 7.86. The standard InChI is InChI=1S/C25H22N4O3/c1-14(2)32-25(30)23-16(13-31-3)21-20(12-26-23)28-17-9-10-18-24(22(17)21)27-11-19(29-18)15-7-5-4-6-8-15/h4-12,14,28H,13H2,1-3H3. The fourth-order valence-electron chi connectivity index (χ4n) is 4.00. The van der Waals surface area contributed by atoms with Gasteiger partial charge in [-0.25, -0.2) is 14.8 Å². The number of benzene rings is 2. The van der Waals surface area contributed by atoms with E-state index in [1.54, 1.807) is 19.5 Å². The molecule has 0 atom stereocenters. The highest BCUT2D eigenvalue weighted by Crippen LogP contribution is 2.35. The van der Waals surface area contributed by atoms with Crippen LogP contribution in [0, 0.1) is 0 Å². The molecule has 0 fully saturated rings. The van der Waals surface area contributed by atoms with Crippen LogP contribution in [0.3, 0.4) is 0 Å². The third kappa shape index (κ3) is 3.36. The second kappa shape index (κ2) is 8.01. The summed E-state index contributed by atoms with van der Waals surface area (Å²) in [6.45, 7) is 3.84. The average molecular weight is 426 g/mol. The van der Waals surface area contributed by atoms with Crippen LogP contribution in [0.4, 0.5) is 0 Å². The number of aromatic amines is 1. The Bertz CT molecular complexity index is 1460. The number of hydrogen-bond acceptors (Lipinski definition) is 6. The summed E-state index contributed by atoms with van der Waals surface area (Å²) in [6, 6.07) is 13.9. The highest BCUT2D eigenvalue weighted by atomic mass is 16.5. The van der Waals surface area contributed by atoms with Crippen molar-refractivity contribution in [2.24, 2.45) is 0 Å². The van der Waals surface area contributed by atoms with Gasteiger partial charge >= 0.3 is 5.97 Å². The first kappa shape index (κ1) is 20.1. The Morgan fingerprint density at radius 2 is 1.81 bits per heavy atom. The molecule has 0 saturated carbocycles. The first-order valence-corrected chi connectivity index (χ1v) is 10.4. The molecule has 0 aliphatic rings. The summed E-state index contributed by atoms with van der Waals surface area (Å²) in [5.41, 5.74) is 5.94. The molecule has 32 heavy (non-hydrogen) atoms. The second-order valence-corrected chi connectivity index (χ2v) is 7.86. The number of rotatable bonds is 5. The molecule has 0 spiro atoms. The van der Waals surface area contributed by atoms with Crippen molar-refractivity contribution < 1.29 is 14.3 Å². The molecule has 3 heterocycles. The molecule has 0 aliphatic heterocycles. The van der Waals surface area contributed by atoms with E-state index >= 15 is 0 Å². The van der Waals surface area contributed by atoms with Crippen molar-refractivity contribution >= 4 is 38.8 Å². The lowest BCUT2D eigenvalue weighted by molar-refractivity contribution is 0.0366. The molecule has 3 aromatic heterocycles. The van der Waals surface area contributed by atoms with Gasteiger partial charge in [0.2, 0.25) is 0 Å². The number of methoxy groups -OCH3 is 1. The molecular weight excluding hydrogens is 404 g/mol. The lowest BCUT2D eigenvalue weighted by Gasteiger charge is -2.12. The summed E-state index contributed by atoms with van der Waals surface area (Å²) in [5.74, 6) is -0.471. The maximum absolute atomic E-state index is 12.7. The van der Waals surface area contributed by atoms with Crippen LogP contribution in [-0.4, -0.2) is 39.1 Å². The largest absolute Gasteiger partial charge is 0.458 e. The summed E-state index contributed by atoms with van der Waals surface area (Å²) >= 11 is 0. The number of esters is 1. The third-order valence-corrected chi connectivity index (χ3v) is 5.31. The summed E-state index contributed by atoms with van der Waals surface area (Å²) in [5, 5.41) is 1.73. The smallest absolute Gasteiger partial charge is 0.357 e. The molecule has 0 amide bonds. The Morgan fingerprint density at radius 1 is 1.00 bits per heavy atom. The number of nitrogens with one attached hydrogen (secondary N) is 1. The summed E-state index contributed by atoms with van der Waals surface area (Å²) in [7, 11) is 1.59. The van der Waals surface area contributed by atoms with Crippen molar-refractivity contribution in [3.8, 4) is 11.3 Å². The lowest BCUT2D eigenvalue weighted by atomic mass is 10.0. The highest BCUT2D eigenvalue weighted by Gasteiger charge is 2.22. The first-order chi connectivity index (χ1) is 15.6. The molecule has 7 nitrogen and oxygen atoms in total. The van der Waals surface area contributed by atoms with Crippen LogP contribution in [-0.2, 0) is 16.1 Å². The number of carbonyl (C=O) groups is 1. The molecule has 160 valence electrons. The summed E-state index contributed by atoms with van der Waals surface area (Å²) in [4.78, 5) is 30.1. The van der Waals surface area contributed by atoms with Gasteiger partial charge in [0, 0.05) is 34.5 Å². The summed E-state index contributed by atoms with van der Waals surface area (Å²) in [6.07, 6.45) is 3.19. The number of H-pyrrole nitrogens is 1. The SMILES string of the molecule is COCc1c(C(=O)OC(C)C)ncc2[nH]c3ccc4nc(-c5ccccc5)cnc4c3c12. The predicted octanol–water partition coefficient (Wildman–Crippen LogP) is 5.04. The van der Waals surface area contributed by atoms with E-state index in [0.29, 0.717) is 5.56 Å². The van der Waals surface area contributed by atoms with Gasteiger partial charge < -0.3 is 14.5 Å². The Morgan fingerprint density at radius 3 is 2.56 bits per heavy atom. The number of ether oxygens (including phenoxy) is 2. The van der Waals surface area contributed by atoms with Gasteiger partial charge in [-0.05, 0) is 26.0 Å². The number of pyridine rings is 1. The van der Waals surface area contributed by atoms with Crippen LogP contribution >= 0.6 is 0 Å². The zero-order chi connectivity index (χ0) is 22.2. The lowest BCUT2D eigenvalue weighted by Crippen LogP contribution is -2.15. The normalized spacial score (nSPS) is 11.6. The van der Waals surface area contributed by atoms with Crippen LogP contribution in [0.1, 0.15) is 29.9 Å². The third-order valence-electron chi connectivity index (χ3n) is 5.31. The number of fused-ring (bicyclic) bond motifs is 5. The maximum Gasteiger partial charge on any atom is 0.357 e. The number of carbonyl (C=O) groups excluding carboxylic acids is 1. The first-order valence-electron chi connectivity index (χ1n) is 10.4. The Kier molecular flexibility index (Phi) is 5.03. The molecular formula is C25H22N4O3. The fraction of sp³-hybridized carbons (Fsp3) is 0.200. The number of nitrogens with zero attached hydrogens (tertiary/aromatic N) is 3. The van der Waals surface area contributed by atoms with Crippen molar-refractivity contribution in [2.45, 2.75) is 26.6 Å². The number of aromatic nitrogens is 4. The van der Waals surface area contributed by atoms with E-state index in [-0.39, 0.29) is 18.4 Å². The van der Waals surface area contributed by atoms with Gasteiger partial charge in [-0.2, -0.15) is 0 Å². The zero-order valence-corrected chi connectivity index (χ0v) is 18.0. The van der Waals surface area contributed by atoms with Gasteiger partial charge in [0.15, 0.2) is 5.69 Å². The summed E-state index contributed by atoms with van der Waals surface area (Å²) < 4.78 is 10.9. The van der Waals surface area contributed by atoms with E-state index in [0.717, 1.165) is 44.1 Å². The van der Waals surface area contributed by atoms with E-state index in [4.69, 9.17) is 19.4 Å². The maximum atomic E-state index is 12.7. The molecule has 5 aromatic rings. The van der Waals surface area contributed by atoms with Crippen LogP contribution in [0.5, 0.6) is 0 Å². The molecule has 0 radical (unpaired) electrons. The van der Waals surface area contributed by atoms with E-state index in [9.17, 15) is 4.79 Å². The molecule has 2 aromatic carbocycles. The highest BCUT2D eigenvalue weighted by molar-refractivity contribution is 6.20. The minimum absolute atomic E-state index is 0.214. The van der Waals surface area contributed by atoms with E-state index in [1.165, 1.54) is 0 Å². The van der Waals surface area contributed by atoms with Crippen molar-refractivity contribution in [2.75, 3.05) is 7.11 Å². The zero-order valence-electron chi connectivity index (χ0n) is 18.0. The topological polar surface area (TPSA) is 90.0 Å². The van der Waals surface area contributed by atoms with Gasteiger partial charge in [-0.15, -0.1) is 0 Å². The van der Waals surface area contributed by atoms with Crippen LogP contribution < -0.4 is 0 Å². The number of hydrogen-bond donors (Lipinski definition) is 1. The van der Waals surface area contributed by atoms with Gasteiger partial charge in [-0.1, -0.05) is 30.3 Å². The van der Waals surface area contributed by atoms with Crippen molar-refractivity contribution in [3.63, 3.8) is 0 Å². The Hall–Kier alpha value is -3.84. The van der Waals surface area contributed by atoms with E-state index in [2.05, 4.69) is 9.97 Å². The minimum Gasteiger partial charge on any atom is -0.458 e. The molecule has 1 N–H and O–H groups in total. The van der Waals surface area contributed by atoms with Crippen molar-refractivity contribution in [1.82, 2.24) is 19.9 Å². The quantitative estimate of drug-likeness (QED) is 0.396. The molecule has 7 heteroatoms. The Labute approximate surface area is 184 Å². The van der Waals surface area contributed by atoms with Crippen molar-refractivity contribution in [1.29, 1.82) is 0 Å². The van der Waals surface area contributed by atoms with Gasteiger partial charge in [0.25, 0.3) is 0 Å². The van der Waals surface area contributed by atoms with Gasteiger partial charge in [-0.3, -0.25) is 4.98 Å². The van der Waals surface area contributed by atoms with Crippen LogP contribution in [0.2, 0.25) is 0 Å². The van der Waals surface area contributed by atoms with Gasteiger partial charge in [0.1, 0.15) is 0 Å². The fourth-order valence-corrected chi connectivity index (χ4v) is 4.00. The van der Waals surface area contributed by atoms with Crippen molar-refractivity contribution in [3.05, 3.63) is 66.1 Å². The Balaban J connectivity index is 1.79. The molecule has 0 unspecified atom stereocenters. The van der Waals surface area contributed by atoms with Crippen LogP contribution in [0.15, 0.2) is 54.9 Å². The predicted molar refractivity (Wildman–Crippen MR) is 123 cm³/mol. The molecule has 0 aliphatic carbocycles. The molecule has 5 rings (SSSR count). The monoisotopic (exact) mass is 426 g/mol. The van der Waals surface area contributed by atoms with E-state index < -0.39 is 5.97 Å². The molecule has 0 saturated heterocycles. The van der Waals surface area contributed by atoms with Crippen LogP contribution in [0.25, 0.3) is 44.1 Å². The minimum atomic E-state index is -0.471. The van der Waals surface area contributed by atoms with Gasteiger partial charge in [0.05, 0.1) is 47.3 Å². The average Bonchev–Trinajstić information content (AvgIpc) is 3.18. The molecule has 0 bridgehead atoms. The van der Waals surface area contributed by atoms with E-state index in [1.807, 2.05) is 56.3 Å².